The summed E-state index contributed by atoms with van der Waals surface area (Å²) in [4.78, 5) is 0.826. The van der Waals surface area contributed by atoms with E-state index in [9.17, 15) is 5.11 Å². The smallest absolute Gasteiger partial charge is 0.0917 e. The van der Waals surface area contributed by atoms with Crippen LogP contribution in [0.15, 0.2) is 18.9 Å². The summed E-state index contributed by atoms with van der Waals surface area (Å²) in [6.07, 6.45) is 4.48. The van der Waals surface area contributed by atoms with Gasteiger partial charge in [0.15, 0.2) is 0 Å². The third kappa shape index (κ3) is 2.40. The highest BCUT2D eigenvalue weighted by Gasteiger charge is 2.07. The van der Waals surface area contributed by atoms with Crippen LogP contribution in [0, 0.1) is 0 Å². The molecule has 1 rings (SSSR count). The molecule has 0 saturated carbocycles. The molecule has 60 valence electrons. The zero-order chi connectivity index (χ0) is 8.10. The minimum absolute atomic E-state index is 0.423. The molecule has 0 amide bonds. The SMILES string of the molecule is C=CCCC(O)c1cnns1. The van der Waals surface area contributed by atoms with Crippen molar-refractivity contribution in [3.63, 3.8) is 0 Å². The summed E-state index contributed by atoms with van der Waals surface area (Å²) in [7, 11) is 0. The maximum Gasteiger partial charge on any atom is 0.0917 e. The van der Waals surface area contributed by atoms with Crippen LogP contribution in [-0.2, 0) is 0 Å². The Morgan fingerprint density at radius 2 is 2.64 bits per heavy atom. The van der Waals surface area contributed by atoms with Gasteiger partial charge in [-0.05, 0) is 24.4 Å². The molecule has 3 nitrogen and oxygen atoms in total. The molecular weight excluding hydrogens is 160 g/mol. The lowest BCUT2D eigenvalue weighted by atomic mass is 10.2. The summed E-state index contributed by atoms with van der Waals surface area (Å²) in [5.74, 6) is 0. The molecule has 0 radical (unpaired) electrons. The fourth-order valence-corrected chi connectivity index (χ4v) is 1.26. The average molecular weight is 170 g/mol. The summed E-state index contributed by atoms with van der Waals surface area (Å²) < 4.78 is 3.66. The van der Waals surface area contributed by atoms with Gasteiger partial charge in [0.1, 0.15) is 0 Å². The highest BCUT2D eigenvalue weighted by atomic mass is 32.1. The Morgan fingerprint density at radius 1 is 1.82 bits per heavy atom. The normalized spacial score (nSPS) is 12.8. The van der Waals surface area contributed by atoms with Crippen LogP contribution in [0.25, 0.3) is 0 Å². The van der Waals surface area contributed by atoms with Crippen molar-refractivity contribution in [2.45, 2.75) is 18.9 Å². The Labute approximate surface area is 69.5 Å². The maximum atomic E-state index is 9.42. The number of rotatable bonds is 4. The quantitative estimate of drug-likeness (QED) is 0.697. The predicted molar refractivity (Wildman–Crippen MR) is 44.3 cm³/mol. The second-order valence-electron chi connectivity index (χ2n) is 2.20. The van der Waals surface area contributed by atoms with Gasteiger partial charge in [0.2, 0.25) is 0 Å². The summed E-state index contributed by atoms with van der Waals surface area (Å²) in [5.41, 5.74) is 0. The van der Waals surface area contributed by atoms with E-state index in [0.717, 1.165) is 11.3 Å². The maximum absolute atomic E-state index is 9.42. The first kappa shape index (κ1) is 8.36. The van der Waals surface area contributed by atoms with E-state index in [1.807, 2.05) is 0 Å². The van der Waals surface area contributed by atoms with E-state index >= 15 is 0 Å². The number of hydrogen-bond donors (Lipinski definition) is 1. The van der Waals surface area contributed by atoms with Crippen molar-refractivity contribution in [3.8, 4) is 0 Å². The number of nitrogens with zero attached hydrogens (tertiary/aromatic N) is 2. The van der Waals surface area contributed by atoms with Gasteiger partial charge in [0.05, 0.1) is 17.2 Å². The highest BCUT2D eigenvalue weighted by Crippen LogP contribution is 2.19. The Kier molecular flexibility index (Phi) is 3.19. The second-order valence-corrected chi connectivity index (χ2v) is 3.02. The summed E-state index contributed by atoms with van der Waals surface area (Å²) in [5, 5.41) is 13.1. The summed E-state index contributed by atoms with van der Waals surface area (Å²) in [6.45, 7) is 3.58. The lowest BCUT2D eigenvalue weighted by Crippen LogP contribution is -1.92. The molecule has 1 atom stereocenters. The second kappa shape index (κ2) is 4.20. The Hall–Kier alpha value is -0.740. The Morgan fingerprint density at radius 3 is 3.18 bits per heavy atom. The summed E-state index contributed by atoms with van der Waals surface area (Å²) in [6, 6.07) is 0. The van der Waals surface area contributed by atoms with Crippen molar-refractivity contribution in [2.75, 3.05) is 0 Å². The molecule has 1 aromatic heterocycles. The molecule has 1 N–H and O–H groups in total. The van der Waals surface area contributed by atoms with Gasteiger partial charge in [-0.1, -0.05) is 10.6 Å². The molecule has 4 heteroatoms. The first-order chi connectivity index (χ1) is 5.34. The molecule has 0 spiro atoms. The number of aliphatic hydroxyl groups is 1. The van der Waals surface area contributed by atoms with E-state index in [1.54, 1.807) is 12.3 Å². The van der Waals surface area contributed by atoms with Gasteiger partial charge in [0.25, 0.3) is 0 Å². The third-order valence-corrected chi connectivity index (χ3v) is 2.12. The van der Waals surface area contributed by atoms with Crippen molar-refractivity contribution in [3.05, 3.63) is 23.7 Å². The number of allylic oxidation sites excluding steroid dienone is 1. The van der Waals surface area contributed by atoms with Crippen LogP contribution < -0.4 is 0 Å². The molecule has 0 fully saturated rings. The largest absolute Gasteiger partial charge is 0.387 e. The zero-order valence-electron chi connectivity index (χ0n) is 6.10. The van der Waals surface area contributed by atoms with E-state index in [4.69, 9.17) is 0 Å². The molecule has 1 heterocycles. The molecule has 0 aliphatic carbocycles. The van der Waals surface area contributed by atoms with Gasteiger partial charge in [-0.2, -0.15) is 0 Å². The molecule has 0 aliphatic heterocycles. The minimum Gasteiger partial charge on any atom is -0.387 e. The molecule has 0 bridgehead atoms. The topological polar surface area (TPSA) is 46.0 Å². The van der Waals surface area contributed by atoms with Crippen molar-refractivity contribution in [1.29, 1.82) is 0 Å². The van der Waals surface area contributed by atoms with Gasteiger partial charge < -0.3 is 5.11 Å². The van der Waals surface area contributed by atoms with Gasteiger partial charge >= 0.3 is 0 Å². The van der Waals surface area contributed by atoms with Crippen molar-refractivity contribution < 1.29 is 5.11 Å². The minimum atomic E-state index is -0.423. The van der Waals surface area contributed by atoms with E-state index in [1.165, 1.54) is 11.5 Å². The number of hydrogen-bond acceptors (Lipinski definition) is 4. The summed E-state index contributed by atoms with van der Waals surface area (Å²) >= 11 is 1.24. The lowest BCUT2D eigenvalue weighted by molar-refractivity contribution is 0.172. The molecule has 0 aliphatic rings. The molecule has 0 saturated heterocycles. The van der Waals surface area contributed by atoms with Crippen LogP contribution >= 0.6 is 11.5 Å². The van der Waals surface area contributed by atoms with Gasteiger partial charge in [0, 0.05) is 0 Å². The van der Waals surface area contributed by atoms with Gasteiger partial charge in [-0.3, -0.25) is 0 Å². The van der Waals surface area contributed by atoms with E-state index in [0.29, 0.717) is 6.42 Å². The van der Waals surface area contributed by atoms with Crippen LogP contribution in [0.4, 0.5) is 0 Å². The van der Waals surface area contributed by atoms with Crippen LogP contribution in [0.2, 0.25) is 0 Å². The number of aromatic nitrogens is 2. The van der Waals surface area contributed by atoms with Crippen LogP contribution in [-0.4, -0.2) is 14.7 Å². The fourth-order valence-electron chi connectivity index (χ4n) is 0.740. The van der Waals surface area contributed by atoms with Crippen LogP contribution in [0.5, 0.6) is 0 Å². The molecule has 1 aromatic rings. The van der Waals surface area contributed by atoms with Crippen molar-refractivity contribution in [2.24, 2.45) is 0 Å². The van der Waals surface area contributed by atoms with Crippen molar-refractivity contribution in [1.82, 2.24) is 9.59 Å². The zero-order valence-corrected chi connectivity index (χ0v) is 6.92. The Bertz CT molecular complexity index is 210. The first-order valence-corrected chi connectivity index (χ1v) is 4.18. The number of aliphatic hydroxyl groups excluding tert-OH is 1. The lowest BCUT2D eigenvalue weighted by Gasteiger charge is -2.03. The molecule has 1 unspecified atom stereocenters. The molecular formula is C7H10N2OS. The van der Waals surface area contributed by atoms with Crippen LogP contribution in [0.1, 0.15) is 23.8 Å². The van der Waals surface area contributed by atoms with Crippen molar-refractivity contribution >= 4 is 11.5 Å². The monoisotopic (exact) mass is 170 g/mol. The van der Waals surface area contributed by atoms with Crippen LogP contribution in [0.3, 0.4) is 0 Å². The molecule has 0 aromatic carbocycles. The first-order valence-electron chi connectivity index (χ1n) is 3.41. The highest BCUT2D eigenvalue weighted by molar-refractivity contribution is 7.05. The van der Waals surface area contributed by atoms with E-state index in [2.05, 4.69) is 16.2 Å². The van der Waals surface area contributed by atoms with E-state index in [-0.39, 0.29) is 0 Å². The van der Waals surface area contributed by atoms with Gasteiger partial charge in [-0.25, -0.2) is 0 Å². The molecule has 11 heavy (non-hydrogen) atoms. The standard InChI is InChI=1S/C7H10N2OS/c1-2-3-4-6(10)7-5-8-9-11-7/h2,5-6,10H,1,3-4H2. The Balaban J connectivity index is 2.42. The average Bonchev–Trinajstić information content (AvgIpc) is 2.52. The van der Waals surface area contributed by atoms with E-state index < -0.39 is 6.10 Å². The third-order valence-electron chi connectivity index (χ3n) is 1.35. The predicted octanol–water partition coefficient (Wildman–Crippen LogP) is 1.54. The fraction of sp³-hybridized carbons (Fsp3) is 0.429. The van der Waals surface area contributed by atoms with Gasteiger partial charge in [-0.15, -0.1) is 11.7 Å².